The molecule has 0 aliphatic carbocycles. The van der Waals surface area contributed by atoms with Gasteiger partial charge in [0.25, 0.3) is 0 Å². The van der Waals surface area contributed by atoms with Gasteiger partial charge in [-0.3, -0.25) is 9.29 Å². The number of rotatable bonds is 9. The van der Waals surface area contributed by atoms with Crippen LogP contribution in [0.15, 0.2) is 18.7 Å². The third-order valence-electron chi connectivity index (χ3n) is 6.54. The van der Waals surface area contributed by atoms with Gasteiger partial charge >= 0.3 is 0 Å². The molecule has 3 aromatic rings. The summed E-state index contributed by atoms with van der Waals surface area (Å²) in [6.45, 7) is 0.901. The summed E-state index contributed by atoms with van der Waals surface area (Å²) in [6, 6.07) is 0. The first-order valence-corrected chi connectivity index (χ1v) is 13.7. The van der Waals surface area contributed by atoms with Crippen molar-refractivity contribution in [1.82, 2.24) is 34.7 Å². The average Bonchev–Trinajstić information content (AvgIpc) is 3.62. The van der Waals surface area contributed by atoms with Crippen LogP contribution in [0.5, 0.6) is 11.8 Å². The predicted molar refractivity (Wildman–Crippen MR) is 134 cm³/mol. The van der Waals surface area contributed by atoms with Crippen LogP contribution in [-0.2, 0) is 19.5 Å². The van der Waals surface area contributed by atoms with Crippen molar-refractivity contribution >= 4 is 21.9 Å². The number of anilines is 2. The maximum Gasteiger partial charge on any atom is 0.245 e. The largest absolute Gasteiger partial charge is 0.479 e. The Hall–Kier alpha value is -3.70. The fraction of sp³-hybridized carbons (Fsp3) is 0.545. The molecule has 2 aliphatic rings. The molecule has 2 saturated heterocycles. The van der Waals surface area contributed by atoms with E-state index in [-0.39, 0.29) is 42.3 Å². The lowest BCUT2D eigenvalue weighted by Gasteiger charge is -2.36. The zero-order chi connectivity index (χ0) is 27.6. The van der Waals surface area contributed by atoms with Gasteiger partial charge in [-0.1, -0.05) is 0 Å². The summed E-state index contributed by atoms with van der Waals surface area (Å²) in [7, 11) is 0.241. The second-order valence-electron chi connectivity index (χ2n) is 8.93. The molecule has 5 heterocycles. The van der Waals surface area contributed by atoms with Crippen LogP contribution in [0.3, 0.4) is 0 Å². The molecule has 0 aromatic carbocycles. The number of hydrogen-bond acceptors (Lipinski definition) is 13. The quantitative estimate of drug-likeness (QED) is 0.389. The van der Waals surface area contributed by atoms with E-state index in [0.717, 1.165) is 18.8 Å². The SMILES string of the molecule is COc1ncnc(OC)c1-n1c(NS(=O)(=O)[C@H]2C[C@@H](OC)CN(c3ncc(F)cn3)C2)nnc1[C@@H]1CCCO1. The highest BCUT2D eigenvalue weighted by Gasteiger charge is 2.39. The third-order valence-corrected chi connectivity index (χ3v) is 8.23. The number of piperidine rings is 1. The first kappa shape index (κ1) is 26.9. The van der Waals surface area contributed by atoms with E-state index in [1.54, 1.807) is 4.90 Å². The Bertz CT molecular complexity index is 1380. The van der Waals surface area contributed by atoms with E-state index >= 15 is 0 Å². The van der Waals surface area contributed by atoms with E-state index in [0.29, 0.717) is 25.4 Å². The number of ether oxygens (including phenoxy) is 4. The molecule has 0 radical (unpaired) electrons. The van der Waals surface area contributed by atoms with Crippen LogP contribution in [0.1, 0.15) is 31.2 Å². The standard InChI is InChI=1S/C22H28FN9O6S/c1-35-14-7-15(11-31(10-14)21-24-8-13(23)9-25-21)39(33,34)30-22-29-28-18(16-5-4-6-38-16)32(22)17-19(36-2)26-12-27-20(17)37-3/h8-9,12,14-16H,4-7,10-11H2,1-3H3,(H,29,30)/t14-,15+,16+/m1/s1. The summed E-state index contributed by atoms with van der Waals surface area (Å²) in [5.74, 6) is 0.0728. The van der Waals surface area contributed by atoms with Crippen molar-refractivity contribution in [1.29, 1.82) is 0 Å². The van der Waals surface area contributed by atoms with Crippen molar-refractivity contribution in [3.8, 4) is 17.4 Å². The van der Waals surface area contributed by atoms with Crippen LogP contribution in [0, 0.1) is 5.82 Å². The number of nitrogens with zero attached hydrogens (tertiary/aromatic N) is 8. The molecular formula is C22H28FN9O6S. The molecular weight excluding hydrogens is 537 g/mol. The van der Waals surface area contributed by atoms with Gasteiger partial charge in [0.1, 0.15) is 17.7 Å². The van der Waals surface area contributed by atoms with Gasteiger partial charge in [-0.25, -0.2) is 22.8 Å². The molecule has 39 heavy (non-hydrogen) atoms. The highest BCUT2D eigenvalue weighted by molar-refractivity contribution is 7.93. The van der Waals surface area contributed by atoms with Crippen molar-refractivity contribution in [2.75, 3.05) is 50.6 Å². The molecule has 1 N–H and O–H groups in total. The smallest absolute Gasteiger partial charge is 0.245 e. The molecule has 0 bridgehead atoms. The van der Waals surface area contributed by atoms with Gasteiger partial charge in [-0.05, 0) is 19.3 Å². The van der Waals surface area contributed by atoms with E-state index < -0.39 is 33.3 Å². The lowest BCUT2D eigenvalue weighted by molar-refractivity contribution is 0.0898. The zero-order valence-corrected chi connectivity index (χ0v) is 22.3. The minimum Gasteiger partial charge on any atom is -0.479 e. The number of nitrogens with one attached hydrogen (secondary N) is 1. The Labute approximate surface area is 223 Å². The molecule has 2 aliphatic heterocycles. The summed E-state index contributed by atoms with van der Waals surface area (Å²) in [6.07, 6.45) is 4.09. The highest BCUT2D eigenvalue weighted by Crippen LogP contribution is 2.37. The summed E-state index contributed by atoms with van der Waals surface area (Å²) in [5, 5.41) is 7.46. The van der Waals surface area contributed by atoms with Crippen LogP contribution in [0.2, 0.25) is 0 Å². The Morgan fingerprint density at radius 2 is 1.77 bits per heavy atom. The summed E-state index contributed by atoms with van der Waals surface area (Å²) in [4.78, 5) is 17.9. The Morgan fingerprint density at radius 1 is 1.05 bits per heavy atom. The second-order valence-corrected chi connectivity index (χ2v) is 10.9. The van der Waals surface area contributed by atoms with Crippen LogP contribution in [0.4, 0.5) is 16.3 Å². The van der Waals surface area contributed by atoms with E-state index in [9.17, 15) is 12.8 Å². The molecule has 2 fully saturated rings. The lowest BCUT2D eigenvalue weighted by Crippen LogP contribution is -2.51. The van der Waals surface area contributed by atoms with Gasteiger partial charge in [0.05, 0.1) is 32.7 Å². The molecule has 0 saturated carbocycles. The van der Waals surface area contributed by atoms with E-state index in [2.05, 4.69) is 34.9 Å². The highest BCUT2D eigenvalue weighted by atomic mass is 32.2. The third kappa shape index (κ3) is 5.41. The molecule has 0 unspecified atom stereocenters. The normalized spacial score (nSPS) is 21.6. The maximum absolute atomic E-state index is 13.8. The van der Waals surface area contributed by atoms with E-state index in [1.165, 1.54) is 32.2 Å². The van der Waals surface area contributed by atoms with Crippen molar-refractivity contribution in [3.05, 3.63) is 30.4 Å². The van der Waals surface area contributed by atoms with Crippen LogP contribution < -0.4 is 19.1 Å². The first-order chi connectivity index (χ1) is 18.8. The number of halogens is 1. The lowest BCUT2D eigenvalue weighted by atomic mass is 10.1. The van der Waals surface area contributed by atoms with Gasteiger partial charge in [-0.2, -0.15) is 9.97 Å². The molecule has 210 valence electrons. The number of aromatic nitrogens is 7. The van der Waals surface area contributed by atoms with E-state index in [4.69, 9.17) is 18.9 Å². The fourth-order valence-electron chi connectivity index (χ4n) is 4.66. The second kappa shape index (κ2) is 11.2. The van der Waals surface area contributed by atoms with Gasteiger partial charge in [-0.15, -0.1) is 10.2 Å². The van der Waals surface area contributed by atoms with Gasteiger partial charge in [0, 0.05) is 26.8 Å². The Morgan fingerprint density at radius 3 is 2.38 bits per heavy atom. The van der Waals surface area contributed by atoms with Crippen LogP contribution in [0.25, 0.3) is 5.69 Å². The molecule has 3 atom stereocenters. The topological polar surface area (TPSA) is 169 Å². The first-order valence-electron chi connectivity index (χ1n) is 12.1. The molecule has 0 spiro atoms. The molecule has 17 heteroatoms. The molecule has 0 amide bonds. The fourth-order valence-corrected chi connectivity index (χ4v) is 6.05. The number of methoxy groups -OCH3 is 3. The molecule has 3 aromatic heterocycles. The van der Waals surface area contributed by atoms with Crippen molar-refractivity contribution in [3.63, 3.8) is 0 Å². The number of hydrogen-bond donors (Lipinski definition) is 1. The zero-order valence-electron chi connectivity index (χ0n) is 21.5. The summed E-state index contributed by atoms with van der Waals surface area (Å²) in [5.41, 5.74) is 0.218. The van der Waals surface area contributed by atoms with Crippen molar-refractivity contribution in [2.45, 2.75) is 36.7 Å². The average molecular weight is 566 g/mol. The minimum absolute atomic E-state index is 0.0364. The van der Waals surface area contributed by atoms with Crippen LogP contribution >= 0.6 is 0 Å². The van der Waals surface area contributed by atoms with Crippen LogP contribution in [-0.4, -0.2) is 95.5 Å². The Balaban J connectivity index is 1.52. The maximum atomic E-state index is 13.8. The summed E-state index contributed by atoms with van der Waals surface area (Å²) >= 11 is 0. The monoisotopic (exact) mass is 565 g/mol. The summed E-state index contributed by atoms with van der Waals surface area (Å²) < 4.78 is 67.2. The molecule has 5 rings (SSSR count). The Kier molecular flexibility index (Phi) is 7.72. The van der Waals surface area contributed by atoms with Gasteiger partial charge in [0.2, 0.25) is 33.7 Å². The van der Waals surface area contributed by atoms with Gasteiger partial charge in [0.15, 0.2) is 17.3 Å². The predicted octanol–water partition coefficient (Wildman–Crippen LogP) is 0.891. The minimum atomic E-state index is -4.10. The van der Waals surface area contributed by atoms with E-state index in [1.807, 2.05) is 0 Å². The van der Waals surface area contributed by atoms with Crippen molar-refractivity contribution < 1.29 is 31.8 Å². The van der Waals surface area contributed by atoms with Gasteiger partial charge < -0.3 is 23.8 Å². The number of sulfonamides is 1. The molecule has 15 nitrogen and oxygen atoms in total. The van der Waals surface area contributed by atoms with Crippen molar-refractivity contribution in [2.24, 2.45) is 0 Å².